The maximum absolute atomic E-state index is 10.3. The Morgan fingerprint density at radius 1 is 2.00 bits per heavy atom. The SMILES string of the molecule is [2H]C(=O)c1c[nH]c(Br)c1. The van der Waals surface area contributed by atoms with Crippen molar-refractivity contribution in [2.75, 3.05) is 0 Å². The largest absolute Gasteiger partial charge is 0.355 e. The summed E-state index contributed by atoms with van der Waals surface area (Å²) in [7, 11) is 0. The maximum Gasteiger partial charge on any atom is 0.151 e. The summed E-state index contributed by atoms with van der Waals surface area (Å²) < 4.78 is 7.37. The van der Waals surface area contributed by atoms with Crippen LogP contribution < -0.4 is 0 Å². The van der Waals surface area contributed by atoms with E-state index in [1.807, 2.05) is 0 Å². The summed E-state index contributed by atoms with van der Waals surface area (Å²) in [5, 5.41) is 0. The van der Waals surface area contributed by atoms with Crippen molar-refractivity contribution < 1.29 is 6.17 Å². The van der Waals surface area contributed by atoms with E-state index in [2.05, 4.69) is 20.9 Å². The normalized spacial score (nSPS) is 10.9. The predicted molar refractivity (Wildman–Crippen MR) is 33.9 cm³/mol. The topological polar surface area (TPSA) is 32.9 Å². The van der Waals surface area contributed by atoms with Gasteiger partial charge in [0.1, 0.15) is 1.37 Å². The van der Waals surface area contributed by atoms with Gasteiger partial charge in [0.05, 0.1) is 4.60 Å². The molecule has 0 unspecified atom stereocenters. The summed E-state index contributed by atoms with van der Waals surface area (Å²) in [5.41, 5.74) is 0.377. The lowest BCUT2D eigenvalue weighted by molar-refractivity contribution is 0.112. The number of aromatic amines is 1. The second-order valence-electron chi connectivity index (χ2n) is 1.34. The van der Waals surface area contributed by atoms with Crippen molar-refractivity contribution in [1.29, 1.82) is 0 Å². The molecule has 42 valence electrons. The van der Waals surface area contributed by atoms with E-state index in [4.69, 9.17) is 1.37 Å². The molecular formula is C5H4BrNO. The summed E-state index contributed by atoms with van der Waals surface area (Å²) in [4.78, 5) is 13.0. The number of rotatable bonds is 1. The van der Waals surface area contributed by atoms with Crippen LogP contribution in [0.5, 0.6) is 0 Å². The highest BCUT2D eigenvalue weighted by atomic mass is 79.9. The number of halogens is 1. The number of H-pyrrole nitrogens is 1. The van der Waals surface area contributed by atoms with Crippen LogP contribution in [0.2, 0.25) is 0 Å². The molecule has 0 aliphatic carbocycles. The molecule has 0 aliphatic rings. The van der Waals surface area contributed by atoms with E-state index in [1.165, 1.54) is 6.20 Å². The molecule has 0 spiro atoms. The van der Waals surface area contributed by atoms with E-state index >= 15 is 0 Å². The second-order valence-corrected chi connectivity index (χ2v) is 2.19. The standard InChI is InChI=1S/C5H4BrNO/c6-5-1-4(3-8)2-7-5/h1-3,7H/i3D. The van der Waals surface area contributed by atoms with Crippen molar-refractivity contribution in [2.24, 2.45) is 0 Å². The lowest BCUT2D eigenvalue weighted by Crippen LogP contribution is -1.66. The zero-order valence-corrected chi connectivity index (χ0v) is 5.53. The minimum Gasteiger partial charge on any atom is -0.355 e. The van der Waals surface area contributed by atoms with E-state index in [0.29, 0.717) is 5.56 Å². The van der Waals surface area contributed by atoms with Gasteiger partial charge in [-0.25, -0.2) is 0 Å². The summed E-state index contributed by atoms with van der Waals surface area (Å²) in [6.07, 6.45) is 0.816. The molecule has 0 saturated carbocycles. The van der Waals surface area contributed by atoms with Gasteiger partial charge in [0, 0.05) is 11.8 Å². The molecule has 0 fully saturated rings. The molecule has 0 atom stereocenters. The van der Waals surface area contributed by atoms with E-state index in [1.54, 1.807) is 6.07 Å². The molecule has 0 aliphatic heterocycles. The van der Waals surface area contributed by atoms with E-state index in [9.17, 15) is 4.79 Å². The average Bonchev–Trinajstić information content (AvgIpc) is 2.14. The van der Waals surface area contributed by atoms with Crippen LogP contribution in [-0.4, -0.2) is 11.2 Å². The minimum atomic E-state index is -0.669. The molecule has 0 saturated heterocycles. The Kier molecular flexibility index (Phi) is 1.15. The van der Waals surface area contributed by atoms with Gasteiger partial charge >= 0.3 is 0 Å². The molecule has 1 aromatic rings. The third-order valence-electron chi connectivity index (χ3n) is 0.766. The first-order valence-corrected chi connectivity index (χ1v) is 2.84. The molecule has 1 rings (SSSR count). The molecule has 0 bridgehead atoms. The maximum atomic E-state index is 10.3. The van der Waals surface area contributed by atoms with Crippen LogP contribution in [0, 0.1) is 0 Å². The fraction of sp³-hybridized carbons (Fsp3) is 0. The molecule has 0 aromatic carbocycles. The van der Waals surface area contributed by atoms with Crippen molar-refractivity contribution in [1.82, 2.24) is 4.98 Å². The molecule has 1 heterocycles. The van der Waals surface area contributed by atoms with Crippen LogP contribution in [0.3, 0.4) is 0 Å². The molecule has 0 amide bonds. The number of nitrogens with one attached hydrogen (secondary N) is 1. The average molecular weight is 175 g/mol. The lowest BCUT2D eigenvalue weighted by atomic mass is 10.4. The first kappa shape index (κ1) is 4.32. The Bertz CT molecular complexity index is 233. The third kappa shape index (κ3) is 0.980. The molecule has 2 nitrogen and oxygen atoms in total. The highest BCUT2D eigenvalue weighted by Gasteiger charge is 1.90. The molecular weight excluding hydrogens is 170 g/mol. The Hall–Kier alpha value is -0.570. The van der Waals surface area contributed by atoms with Gasteiger partial charge in [-0.1, -0.05) is 0 Å². The van der Waals surface area contributed by atoms with Crippen molar-refractivity contribution in [3.05, 3.63) is 22.4 Å². The van der Waals surface area contributed by atoms with Gasteiger partial charge in [-0.2, -0.15) is 0 Å². The van der Waals surface area contributed by atoms with Crippen molar-refractivity contribution in [3.63, 3.8) is 0 Å². The quantitative estimate of drug-likeness (QED) is 0.645. The van der Waals surface area contributed by atoms with Gasteiger partial charge in [-0.3, -0.25) is 4.79 Å². The lowest BCUT2D eigenvalue weighted by Gasteiger charge is -1.68. The fourth-order valence-corrected chi connectivity index (χ4v) is 0.787. The molecule has 0 radical (unpaired) electrons. The smallest absolute Gasteiger partial charge is 0.151 e. The van der Waals surface area contributed by atoms with Crippen LogP contribution in [0.15, 0.2) is 16.9 Å². The van der Waals surface area contributed by atoms with Crippen LogP contribution >= 0.6 is 15.9 Å². The van der Waals surface area contributed by atoms with Gasteiger partial charge in [0.15, 0.2) is 6.26 Å². The summed E-state index contributed by atoms with van der Waals surface area (Å²) in [6, 6.07) is 1.56. The van der Waals surface area contributed by atoms with Crippen molar-refractivity contribution in [3.8, 4) is 0 Å². The van der Waals surface area contributed by atoms with Gasteiger partial charge in [-0.05, 0) is 22.0 Å². The second kappa shape index (κ2) is 2.13. The van der Waals surface area contributed by atoms with Gasteiger partial charge in [-0.15, -0.1) is 0 Å². The van der Waals surface area contributed by atoms with Crippen LogP contribution in [-0.2, 0) is 0 Å². The summed E-state index contributed by atoms with van der Waals surface area (Å²) in [6.45, 7) is 0. The monoisotopic (exact) mass is 174 g/mol. The third-order valence-corrected chi connectivity index (χ3v) is 1.22. The van der Waals surface area contributed by atoms with Crippen molar-refractivity contribution in [2.45, 2.75) is 0 Å². The predicted octanol–water partition coefficient (Wildman–Crippen LogP) is 1.59. The Morgan fingerprint density at radius 2 is 2.75 bits per heavy atom. The van der Waals surface area contributed by atoms with Crippen LogP contribution in [0.1, 0.15) is 11.7 Å². The highest BCUT2D eigenvalue weighted by molar-refractivity contribution is 9.10. The highest BCUT2D eigenvalue weighted by Crippen LogP contribution is 2.06. The zero-order chi connectivity index (χ0) is 6.85. The van der Waals surface area contributed by atoms with E-state index in [0.717, 1.165) is 4.60 Å². The molecule has 3 heteroatoms. The van der Waals surface area contributed by atoms with Gasteiger partial charge < -0.3 is 4.98 Å². The molecule has 1 aromatic heterocycles. The van der Waals surface area contributed by atoms with Crippen LogP contribution in [0.4, 0.5) is 0 Å². The Morgan fingerprint density at radius 3 is 3.00 bits per heavy atom. The summed E-state index contributed by atoms with van der Waals surface area (Å²) >= 11 is 3.11. The van der Waals surface area contributed by atoms with Crippen molar-refractivity contribution >= 4 is 22.2 Å². The first-order valence-electron chi connectivity index (χ1n) is 2.55. The Labute approximate surface area is 56.4 Å². The minimum absolute atomic E-state index is 0.377. The van der Waals surface area contributed by atoms with Gasteiger partial charge in [0.25, 0.3) is 0 Å². The summed E-state index contributed by atoms with van der Waals surface area (Å²) in [5.74, 6) is 0. The molecule has 8 heavy (non-hydrogen) atoms. The Balaban J connectivity index is 2.98. The van der Waals surface area contributed by atoms with E-state index < -0.39 is 6.26 Å². The number of aldehydes is 1. The number of hydrogen-bond donors (Lipinski definition) is 1. The first-order chi connectivity index (χ1) is 4.20. The van der Waals surface area contributed by atoms with Gasteiger partial charge in [0.2, 0.25) is 0 Å². The number of aromatic nitrogens is 1. The van der Waals surface area contributed by atoms with Crippen LogP contribution in [0.25, 0.3) is 0 Å². The fourth-order valence-electron chi connectivity index (χ4n) is 0.425. The number of hydrogen-bond acceptors (Lipinski definition) is 1. The number of carbonyl (C=O) groups excluding carboxylic acids is 1. The van der Waals surface area contributed by atoms with E-state index in [-0.39, 0.29) is 0 Å². The number of carbonyl (C=O) groups is 1. The molecule has 1 N–H and O–H groups in total. The zero-order valence-electron chi connectivity index (χ0n) is 4.94.